The van der Waals surface area contributed by atoms with E-state index in [2.05, 4.69) is 9.97 Å². The number of rotatable bonds is 1. The number of H-pyrrole nitrogens is 1. The number of aromatic nitrogens is 2. The Morgan fingerprint density at radius 2 is 2.31 bits per heavy atom. The van der Waals surface area contributed by atoms with Crippen LogP contribution in [0.25, 0.3) is 11.0 Å². The number of nitrogens with zero attached hydrogens (tertiary/aromatic N) is 1. The second kappa shape index (κ2) is 2.74. The predicted molar refractivity (Wildman–Crippen MR) is 51.1 cm³/mol. The molecule has 0 radical (unpaired) electrons. The lowest BCUT2D eigenvalue weighted by atomic mass is 10.1. The molecule has 1 heterocycles. The van der Waals surface area contributed by atoms with Crippen molar-refractivity contribution in [2.75, 3.05) is 5.73 Å². The van der Waals surface area contributed by atoms with Crippen molar-refractivity contribution in [3.05, 3.63) is 24.0 Å². The number of aliphatic hydroxyl groups is 1. The molecule has 0 aliphatic heterocycles. The number of hydrogen-bond acceptors (Lipinski definition) is 3. The Labute approximate surface area is 75.4 Å². The van der Waals surface area contributed by atoms with Crippen molar-refractivity contribution in [1.82, 2.24) is 9.97 Å². The maximum atomic E-state index is 9.46. The number of aliphatic hydroxyl groups excluding tert-OH is 1. The van der Waals surface area contributed by atoms with Crippen LogP contribution >= 0.6 is 0 Å². The first-order chi connectivity index (χ1) is 6.18. The zero-order chi connectivity index (χ0) is 9.42. The van der Waals surface area contributed by atoms with Crippen LogP contribution in [0.15, 0.2) is 18.5 Å². The van der Waals surface area contributed by atoms with Crippen LogP contribution in [-0.2, 0) is 0 Å². The highest BCUT2D eigenvalue weighted by Crippen LogP contribution is 2.24. The van der Waals surface area contributed by atoms with E-state index >= 15 is 0 Å². The minimum absolute atomic E-state index is 0.547. The molecule has 2 aromatic rings. The van der Waals surface area contributed by atoms with Gasteiger partial charge >= 0.3 is 0 Å². The smallest absolute Gasteiger partial charge is 0.0941 e. The first-order valence-electron chi connectivity index (χ1n) is 4.09. The number of nitrogen functional groups attached to an aromatic ring is 1. The molecule has 68 valence electrons. The third-order valence-electron chi connectivity index (χ3n) is 2.03. The topological polar surface area (TPSA) is 74.9 Å². The third-order valence-corrected chi connectivity index (χ3v) is 2.03. The van der Waals surface area contributed by atoms with Gasteiger partial charge in [0.1, 0.15) is 0 Å². The molecule has 0 bridgehead atoms. The Hall–Kier alpha value is -1.55. The fraction of sp³-hybridized carbons (Fsp3) is 0.222. The summed E-state index contributed by atoms with van der Waals surface area (Å²) in [4.78, 5) is 7.06. The number of imidazole rings is 1. The van der Waals surface area contributed by atoms with Gasteiger partial charge in [0.2, 0.25) is 0 Å². The number of aromatic amines is 1. The maximum Gasteiger partial charge on any atom is 0.0941 e. The molecule has 4 nitrogen and oxygen atoms in total. The van der Waals surface area contributed by atoms with Crippen molar-refractivity contribution < 1.29 is 5.11 Å². The quantitative estimate of drug-likeness (QED) is 0.573. The molecule has 1 aromatic heterocycles. The van der Waals surface area contributed by atoms with Gasteiger partial charge in [0.05, 0.1) is 23.5 Å². The van der Waals surface area contributed by atoms with E-state index in [-0.39, 0.29) is 0 Å². The summed E-state index contributed by atoms with van der Waals surface area (Å²) in [6, 6.07) is 3.54. The van der Waals surface area contributed by atoms with Crippen molar-refractivity contribution in [2.24, 2.45) is 0 Å². The van der Waals surface area contributed by atoms with Gasteiger partial charge in [-0.2, -0.15) is 0 Å². The largest absolute Gasteiger partial charge is 0.399 e. The average molecular weight is 177 g/mol. The molecular formula is C9H11N3O. The number of benzene rings is 1. The van der Waals surface area contributed by atoms with Crippen molar-refractivity contribution in [3.63, 3.8) is 0 Å². The first kappa shape index (κ1) is 8.07. The molecule has 4 heteroatoms. The number of hydrogen-bond donors (Lipinski definition) is 3. The van der Waals surface area contributed by atoms with Gasteiger partial charge in [-0.1, -0.05) is 0 Å². The second-order valence-corrected chi connectivity index (χ2v) is 3.08. The molecule has 0 aliphatic carbocycles. The van der Waals surface area contributed by atoms with Gasteiger partial charge in [-0.05, 0) is 19.1 Å². The third kappa shape index (κ3) is 1.25. The van der Waals surface area contributed by atoms with Crippen molar-refractivity contribution in [3.8, 4) is 0 Å². The molecule has 0 saturated heterocycles. The second-order valence-electron chi connectivity index (χ2n) is 3.08. The Bertz CT molecular complexity index is 433. The highest BCUT2D eigenvalue weighted by molar-refractivity contribution is 5.82. The van der Waals surface area contributed by atoms with Gasteiger partial charge in [-0.15, -0.1) is 0 Å². The molecule has 2 rings (SSSR count). The molecular weight excluding hydrogens is 166 g/mol. The highest BCUT2D eigenvalue weighted by atomic mass is 16.3. The SMILES string of the molecule is C[C@@H](O)c1cc(N)cc2[nH]cnc12. The predicted octanol–water partition coefficient (Wildman–Crippen LogP) is 1.20. The van der Waals surface area contributed by atoms with Crippen LogP contribution < -0.4 is 5.73 Å². The number of nitrogens with two attached hydrogens (primary N) is 1. The van der Waals surface area contributed by atoms with Gasteiger partial charge in [0.15, 0.2) is 0 Å². The molecule has 0 fully saturated rings. The fourth-order valence-electron chi connectivity index (χ4n) is 1.42. The minimum Gasteiger partial charge on any atom is -0.399 e. The molecule has 0 spiro atoms. The summed E-state index contributed by atoms with van der Waals surface area (Å²) in [5, 5.41) is 9.46. The number of fused-ring (bicyclic) bond motifs is 1. The van der Waals surface area contributed by atoms with Crippen molar-refractivity contribution in [2.45, 2.75) is 13.0 Å². The molecule has 0 saturated carbocycles. The van der Waals surface area contributed by atoms with Crippen LogP contribution in [0, 0.1) is 0 Å². The van der Waals surface area contributed by atoms with Crippen LogP contribution in [0.1, 0.15) is 18.6 Å². The van der Waals surface area contributed by atoms with Crippen LogP contribution in [-0.4, -0.2) is 15.1 Å². The molecule has 0 unspecified atom stereocenters. The summed E-state index contributed by atoms with van der Waals surface area (Å²) in [5.41, 5.74) is 8.69. The zero-order valence-electron chi connectivity index (χ0n) is 7.28. The summed E-state index contributed by atoms with van der Waals surface area (Å²) < 4.78 is 0. The highest BCUT2D eigenvalue weighted by Gasteiger charge is 2.09. The van der Waals surface area contributed by atoms with Crippen molar-refractivity contribution >= 4 is 16.7 Å². The van der Waals surface area contributed by atoms with Gasteiger partial charge < -0.3 is 15.8 Å². The number of nitrogens with one attached hydrogen (secondary N) is 1. The summed E-state index contributed by atoms with van der Waals surface area (Å²) in [6.45, 7) is 1.70. The minimum atomic E-state index is -0.547. The van der Waals surface area contributed by atoms with Gasteiger partial charge in [-0.25, -0.2) is 4.98 Å². The fourth-order valence-corrected chi connectivity index (χ4v) is 1.42. The van der Waals surface area contributed by atoms with Gasteiger partial charge in [-0.3, -0.25) is 0 Å². The lowest BCUT2D eigenvalue weighted by Crippen LogP contribution is -1.95. The Kier molecular flexibility index (Phi) is 1.70. The Balaban J connectivity index is 2.77. The van der Waals surface area contributed by atoms with Crippen LogP contribution in [0.5, 0.6) is 0 Å². The van der Waals surface area contributed by atoms with Gasteiger partial charge in [0, 0.05) is 11.3 Å². The lowest BCUT2D eigenvalue weighted by Gasteiger charge is -2.06. The Morgan fingerprint density at radius 3 is 3.00 bits per heavy atom. The molecule has 4 N–H and O–H groups in total. The Morgan fingerprint density at radius 1 is 1.54 bits per heavy atom. The summed E-state index contributed by atoms with van der Waals surface area (Å²) in [7, 11) is 0. The van der Waals surface area contributed by atoms with Crippen LogP contribution in [0.3, 0.4) is 0 Å². The first-order valence-corrected chi connectivity index (χ1v) is 4.09. The van der Waals surface area contributed by atoms with E-state index < -0.39 is 6.10 Å². The summed E-state index contributed by atoms with van der Waals surface area (Å²) in [5.74, 6) is 0. The van der Waals surface area contributed by atoms with E-state index in [0.29, 0.717) is 5.69 Å². The monoisotopic (exact) mass is 177 g/mol. The van der Waals surface area contributed by atoms with E-state index in [9.17, 15) is 5.11 Å². The summed E-state index contributed by atoms with van der Waals surface area (Å²) >= 11 is 0. The standard InChI is InChI=1S/C9H11N3O/c1-5(13)7-2-6(10)3-8-9(7)12-4-11-8/h2-5,13H,10H2,1H3,(H,11,12)/t5-/m1/s1. The van der Waals surface area contributed by atoms with E-state index in [4.69, 9.17) is 5.73 Å². The van der Waals surface area contributed by atoms with E-state index in [1.54, 1.807) is 25.4 Å². The van der Waals surface area contributed by atoms with E-state index in [0.717, 1.165) is 16.6 Å². The van der Waals surface area contributed by atoms with E-state index in [1.165, 1.54) is 0 Å². The van der Waals surface area contributed by atoms with Crippen LogP contribution in [0.2, 0.25) is 0 Å². The van der Waals surface area contributed by atoms with Crippen molar-refractivity contribution in [1.29, 1.82) is 0 Å². The lowest BCUT2D eigenvalue weighted by molar-refractivity contribution is 0.201. The average Bonchev–Trinajstić information content (AvgIpc) is 2.49. The number of anilines is 1. The summed E-state index contributed by atoms with van der Waals surface area (Å²) in [6.07, 6.45) is 1.05. The molecule has 0 amide bonds. The molecule has 1 aromatic carbocycles. The van der Waals surface area contributed by atoms with E-state index in [1.807, 2.05) is 0 Å². The molecule has 0 aliphatic rings. The molecule has 1 atom stereocenters. The normalized spacial score (nSPS) is 13.4. The molecule has 13 heavy (non-hydrogen) atoms. The maximum absolute atomic E-state index is 9.46. The van der Waals surface area contributed by atoms with Crippen LogP contribution in [0.4, 0.5) is 5.69 Å². The van der Waals surface area contributed by atoms with Gasteiger partial charge in [0.25, 0.3) is 0 Å². The zero-order valence-corrected chi connectivity index (χ0v) is 7.28.